The highest BCUT2D eigenvalue weighted by molar-refractivity contribution is 7.11. The molecular weight excluding hydrogens is 286 g/mol. The molecule has 0 aliphatic rings. The van der Waals surface area contributed by atoms with Crippen molar-refractivity contribution in [1.29, 1.82) is 0 Å². The standard InChI is InChI=1S/C15H17N3O2S/c1-10(18-15(20)12-6-4-3-5-7-12)14(19)17-9-13-8-16-11(2)21-13/h3-8,10H,9H2,1-2H3,(H,17,19)(H,18,20). The van der Waals surface area contributed by atoms with Gasteiger partial charge in [0.05, 0.1) is 11.6 Å². The van der Waals surface area contributed by atoms with E-state index in [1.807, 2.05) is 13.0 Å². The molecule has 2 aromatic rings. The van der Waals surface area contributed by atoms with Crippen molar-refractivity contribution in [2.75, 3.05) is 0 Å². The van der Waals surface area contributed by atoms with E-state index in [0.717, 1.165) is 9.88 Å². The lowest BCUT2D eigenvalue weighted by atomic mass is 10.2. The van der Waals surface area contributed by atoms with Crippen LogP contribution < -0.4 is 10.6 Å². The average Bonchev–Trinajstić information content (AvgIpc) is 2.91. The maximum absolute atomic E-state index is 11.9. The molecule has 1 atom stereocenters. The van der Waals surface area contributed by atoms with Crippen LogP contribution >= 0.6 is 11.3 Å². The van der Waals surface area contributed by atoms with E-state index in [-0.39, 0.29) is 11.8 Å². The van der Waals surface area contributed by atoms with Gasteiger partial charge in [0.1, 0.15) is 6.04 Å². The molecule has 21 heavy (non-hydrogen) atoms. The normalized spacial score (nSPS) is 11.7. The number of nitrogens with one attached hydrogen (secondary N) is 2. The Bertz CT molecular complexity index is 625. The van der Waals surface area contributed by atoms with Crippen LogP contribution in [0.15, 0.2) is 36.5 Å². The molecule has 2 rings (SSSR count). The van der Waals surface area contributed by atoms with Crippen molar-refractivity contribution in [3.63, 3.8) is 0 Å². The molecule has 110 valence electrons. The first-order chi connectivity index (χ1) is 10.1. The first kappa shape index (κ1) is 15.2. The molecule has 1 heterocycles. The Hall–Kier alpha value is -2.21. The Morgan fingerprint density at radius 3 is 2.62 bits per heavy atom. The number of aromatic nitrogens is 1. The second kappa shape index (κ2) is 6.99. The number of hydrogen-bond donors (Lipinski definition) is 2. The number of benzene rings is 1. The quantitative estimate of drug-likeness (QED) is 0.886. The summed E-state index contributed by atoms with van der Waals surface area (Å²) in [6.07, 6.45) is 1.74. The van der Waals surface area contributed by atoms with E-state index < -0.39 is 6.04 Å². The van der Waals surface area contributed by atoms with Crippen LogP contribution in [-0.2, 0) is 11.3 Å². The number of nitrogens with zero attached hydrogens (tertiary/aromatic N) is 1. The third-order valence-corrected chi connectivity index (χ3v) is 3.80. The summed E-state index contributed by atoms with van der Waals surface area (Å²) in [6, 6.07) is 8.23. The largest absolute Gasteiger partial charge is 0.349 e. The molecule has 1 aromatic heterocycles. The Labute approximate surface area is 127 Å². The van der Waals surface area contributed by atoms with Crippen molar-refractivity contribution in [2.45, 2.75) is 26.4 Å². The van der Waals surface area contributed by atoms with Crippen LogP contribution in [0.5, 0.6) is 0 Å². The first-order valence-corrected chi connectivity index (χ1v) is 7.43. The summed E-state index contributed by atoms with van der Waals surface area (Å²) >= 11 is 1.54. The Morgan fingerprint density at radius 2 is 2.00 bits per heavy atom. The van der Waals surface area contributed by atoms with E-state index in [1.165, 1.54) is 11.3 Å². The highest BCUT2D eigenvalue weighted by Crippen LogP contribution is 2.10. The maximum atomic E-state index is 11.9. The number of hydrogen-bond acceptors (Lipinski definition) is 4. The third kappa shape index (κ3) is 4.39. The van der Waals surface area contributed by atoms with Crippen molar-refractivity contribution in [3.8, 4) is 0 Å². The van der Waals surface area contributed by atoms with Crippen LogP contribution in [0, 0.1) is 6.92 Å². The van der Waals surface area contributed by atoms with Crippen molar-refractivity contribution in [1.82, 2.24) is 15.6 Å². The van der Waals surface area contributed by atoms with Gasteiger partial charge in [-0.1, -0.05) is 18.2 Å². The van der Waals surface area contributed by atoms with Crippen LogP contribution in [0.1, 0.15) is 27.2 Å². The van der Waals surface area contributed by atoms with E-state index in [1.54, 1.807) is 37.4 Å². The van der Waals surface area contributed by atoms with Gasteiger partial charge < -0.3 is 10.6 Å². The molecule has 0 saturated carbocycles. The van der Waals surface area contributed by atoms with Crippen molar-refractivity contribution in [2.24, 2.45) is 0 Å². The zero-order chi connectivity index (χ0) is 15.2. The minimum absolute atomic E-state index is 0.217. The minimum Gasteiger partial charge on any atom is -0.349 e. The highest BCUT2D eigenvalue weighted by Gasteiger charge is 2.16. The molecule has 1 unspecified atom stereocenters. The molecule has 0 fully saturated rings. The lowest BCUT2D eigenvalue weighted by molar-refractivity contribution is -0.122. The van der Waals surface area contributed by atoms with Gasteiger partial charge in [-0.3, -0.25) is 9.59 Å². The van der Waals surface area contributed by atoms with Crippen LogP contribution in [0.2, 0.25) is 0 Å². The van der Waals surface area contributed by atoms with E-state index in [9.17, 15) is 9.59 Å². The smallest absolute Gasteiger partial charge is 0.251 e. The summed E-state index contributed by atoms with van der Waals surface area (Å²) in [4.78, 5) is 29.0. The molecule has 6 heteroatoms. The van der Waals surface area contributed by atoms with Crippen LogP contribution in [0.4, 0.5) is 0 Å². The summed E-state index contributed by atoms with van der Waals surface area (Å²) in [7, 11) is 0. The molecule has 0 saturated heterocycles. The molecule has 0 spiro atoms. The van der Waals surface area contributed by atoms with Gasteiger partial charge in [0.2, 0.25) is 5.91 Å². The van der Waals surface area contributed by atoms with Gasteiger partial charge in [-0.2, -0.15) is 0 Å². The van der Waals surface area contributed by atoms with Gasteiger partial charge in [-0.15, -0.1) is 11.3 Å². The Balaban J connectivity index is 1.83. The lowest BCUT2D eigenvalue weighted by Crippen LogP contribution is -2.44. The molecule has 0 aliphatic carbocycles. The van der Waals surface area contributed by atoms with Gasteiger partial charge in [0.15, 0.2) is 0 Å². The van der Waals surface area contributed by atoms with E-state index >= 15 is 0 Å². The zero-order valence-electron chi connectivity index (χ0n) is 11.9. The van der Waals surface area contributed by atoms with Crippen LogP contribution in [0.3, 0.4) is 0 Å². The van der Waals surface area contributed by atoms with Crippen LogP contribution in [0.25, 0.3) is 0 Å². The predicted molar refractivity (Wildman–Crippen MR) is 82.1 cm³/mol. The number of amides is 2. The molecule has 1 aromatic carbocycles. The minimum atomic E-state index is -0.591. The molecule has 2 N–H and O–H groups in total. The molecule has 0 bridgehead atoms. The SMILES string of the molecule is Cc1ncc(CNC(=O)C(C)NC(=O)c2ccccc2)s1. The second-order valence-electron chi connectivity index (χ2n) is 4.62. The summed E-state index contributed by atoms with van der Waals surface area (Å²) < 4.78 is 0. The fourth-order valence-electron chi connectivity index (χ4n) is 1.75. The van der Waals surface area contributed by atoms with Gasteiger partial charge in [-0.25, -0.2) is 4.98 Å². The maximum Gasteiger partial charge on any atom is 0.251 e. The van der Waals surface area contributed by atoms with Gasteiger partial charge in [-0.05, 0) is 26.0 Å². The average molecular weight is 303 g/mol. The Morgan fingerprint density at radius 1 is 1.29 bits per heavy atom. The number of rotatable bonds is 5. The van der Waals surface area contributed by atoms with E-state index in [4.69, 9.17) is 0 Å². The molecule has 0 radical (unpaired) electrons. The summed E-state index contributed by atoms with van der Waals surface area (Å²) in [5.41, 5.74) is 0.537. The molecule has 2 amide bonds. The summed E-state index contributed by atoms with van der Waals surface area (Å²) in [5.74, 6) is -0.475. The zero-order valence-corrected chi connectivity index (χ0v) is 12.7. The van der Waals surface area contributed by atoms with Gasteiger partial charge >= 0.3 is 0 Å². The highest BCUT2D eigenvalue weighted by atomic mass is 32.1. The fourth-order valence-corrected chi connectivity index (χ4v) is 2.48. The molecule has 0 aliphatic heterocycles. The number of aryl methyl sites for hydroxylation is 1. The summed E-state index contributed by atoms with van der Waals surface area (Å²) in [6.45, 7) is 4.00. The van der Waals surface area contributed by atoms with Gasteiger partial charge in [0, 0.05) is 16.6 Å². The second-order valence-corrected chi connectivity index (χ2v) is 5.94. The summed E-state index contributed by atoms with van der Waals surface area (Å²) in [5, 5.41) is 6.42. The number of carbonyl (C=O) groups is 2. The fraction of sp³-hybridized carbons (Fsp3) is 0.267. The monoisotopic (exact) mass is 303 g/mol. The number of carbonyl (C=O) groups excluding carboxylic acids is 2. The lowest BCUT2D eigenvalue weighted by Gasteiger charge is -2.13. The molecular formula is C15H17N3O2S. The number of thiazole rings is 1. The van der Waals surface area contributed by atoms with E-state index in [0.29, 0.717) is 12.1 Å². The van der Waals surface area contributed by atoms with E-state index in [2.05, 4.69) is 15.6 Å². The van der Waals surface area contributed by atoms with Crippen molar-refractivity contribution < 1.29 is 9.59 Å². The van der Waals surface area contributed by atoms with Crippen molar-refractivity contribution in [3.05, 3.63) is 52.0 Å². The third-order valence-electron chi connectivity index (χ3n) is 2.88. The van der Waals surface area contributed by atoms with Gasteiger partial charge in [0.25, 0.3) is 5.91 Å². The van der Waals surface area contributed by atoms with Crippen molar-refractivity contribution >= 4 is 23.2 Å². The first-order valence-electron chi connectivity index (χ1n) is 6.61. The Kier molecular flexibility index (Phi) is 5.05. The predicted octanol–water partition coefficient (Wildman–Crippen LogP) is 1.89. The topological polar surface area (TPSA) is 71.1 Å². The van der Waals surface area contributed by atoms with Crippen LogP contribution in [-0.4, -0.2) is 22.8 Å². The molecule has 5 nitrogen and oxygen atoms in total.